The lowest BCUT2D eigenvalue weighted by Gasteiger charge is -2.09. The molecule has 22 heavy (non-hydrogen) atoms. The number of nitrogens with one attached hydrogen (secondary N) is 1. The smallest absolute Gasteiger partial charge is 0.348 e. The van der Waals surface area contributed by atoms with E-state index in [2.05, 4.69) is 10.1 Å². The fraction of sp³-hybridized carbons (Fsp3) is 0.200. The van der Waals surface area contributed by atoms with Crippen molar-refractivity contribution in [1.82, 2.24) is 0 Å². The molecule has 7 heteroatoms. The van der Waals surface area contributed by atoms with Crippen molar-refractivity contribution in [3.05, 3.63) is 45.8 Å². The maximum absolute atomic E-state index is 11.8. The Balaban J connectivity index is 1.90. The van der Waals surface area contributed by atoms with E-state index in [1.54, 1.807) is 30.3 Å². The lowest BCUT2D eigenvalue weighted by molar-refractivity contribution is -0.118. The Bertz CT molecular complexity index is 699. The van der Waals surface area contributed by atoms with Gasteiger partial charge < -0.3 is 14.8 Å². The number of carbonyl (C=O) groups excluding carboxylic acids is 2. The minimum absolute atomic E-state index is 0.131. The number of benzene rings is 1. The van der Waals surface area contributed by atoms with Crippen LogP contribution in [0.15, 0.2) is 30.3 Å². The molecule has 0 radical (unpaired) electrons. The van der Waals surface area contributed by atoms with Crippen LogP contribution in [0.4, 0.5) is 5.00 Å². The number of anilines is 1. The van der Waals surface area contributed by atoms with Crippen molar-refractivity contribution in [1.29, 1.82) is 0 Å². The molecular weight excluding hydrogens is 326 g/mol. The normalized spacial score (nSPS) is 10.1. The SMILES string of the molecule is COC(=O)c1ccc(NC(=O)COc2ccc(Cl)cc2C)s1. The van der Waals surface area contributed by atoms with Crippen molar-refractivity contribution >= 4 is 39.8 Å². The Hall–Kier alpha value is -2.05. The summed E-state index contributed by atoms with van der Waals surface area (Å²) in [6.07, 6.45) is 0. The van der Waals surface area contributed by atoms with E-state index in [0.717, 1.165) is 16.9 Å². The van der Waals surface area contributed by atoms with Gasteiger partial charge >= 0.3 is 5.97 Å². The molecule has 1 heterocycles. The third kappa shape index (κ3) is 4.22. The Morgan fingerprint density at radius 1 is 1.27 bits per heavy atom. The van der Waals surface area contributed by atoms with E-state index in [1.165, 1.54) is 7.11 Å². The zero-order valence-corrected chi connectivity index (χ0v) is 13.6. The van der Waals surface area contributed by atoms with E-state index in [0.29, 0.717) is 20.7 Å². The van der Waals surface area contributed by atoms with Crippen LogP contribution < -0.4 is 10.1 Å². The van der Waals surface area contributed by atoms with Crippen LogP contribution in [0.3, 0.4) is 0 Å². The highest BCUT2D eigenvalue weighted by Crippen LogP contribution is 2.23. The molecule has 2 aromatic rings. The first-order valence-electron chi connectivity index (χ1n) is 6.36. The molecule has 1 N–H and O–H groups in total. The van der Waals surface area contributed by atoms with Crippen LogP contribution in [0.5, 0.6) is 5.75 Å². The highest BCUT2D eigenvalue weighted by molar-refractivity contribution is 7.18. The van der Waals surface area contributed by atoms with Crippen LogP contribution in [0, 0.1) is 6.92 Å². The summed E-state index contributed by atoms with van der Waals surface area (Å²) >= 11 is 7.00. The van der Waals surface area contributed by atoms with E-state index >= 15 is 0 Å². The highest BCUT2D eigenvalue weighted by atomic mass is 35.5. The van der Waals surface area contributed by atoms with Gasteiger partial charge in [-0.3, -0.25) is 4.79 Å². The van der Waals surface area contributed by atoms with Gasteiger partial charge in [-0.1, -0.05) is 11.6 Å². The second kappa shape index (κ2) is 7.29. The fourth-order valence-electron chi connectivity index (χ4n) is 1.71. The Morgan fingerprint density at radius 3 is 2.73 bits per heavy atom. The number of hydrogen-bond acceptors (Lipinski definition) is 5. The van der Waals surface area contributed by atoms with Crippen LogP contribution >= 0.6 is 22.9 Å². The van der Waals surface area contributed by atoms with Gasteiger partial charge in [0.1, 0.15) is 10.6 Å². The third-order valence-corrected chi connectivity index (χ3v) is 3.97. The molecule has 1 amide bonds. The molecule has 5 nitrogen and oxygen atoms in total. The lowest BCUT2D eigenvalue weighted by Crippen LogP contribution is -2.19. The fourth-order valence-corrected chi connectivity index (χ4v) is 2.77. The summed E-state index contributed by atoms with van der Waals surface area (Å²) in [5.41, 5.74) is 0.851. The molecule has 0 unspecified atom stereocenters. The van der Waals surface area contributed by atoms with E-state index in [4.69, 9.17) is 16.3 Å². The molecule has 0 aliphatic heterocycles. The minimum atomic E-state index is -0.432. The molecule has 116 valence electrons. The minimum Gasteiger partial charge on any atom is -0.483 e. The molecule has 0 spiro atoms. The van der Waals surface area contributed by atoms with Gasteiger partial charge in [0.2, 0.25) is 0 Å². The summed E-state index contributed by atoms with van der Waals surface area (Å²) in [6.45, 7) is 1.72. The molecule has 1 aromatic carbocycles. The molecule has 0 bridgehead atoms. The van der Waals surface area contributed by atoms with Crippen molar-refractivity contribution in [2.75, 3.05) is 19.0 Å². The van der Waals surface area contributed by atoms with Crippen molar-refractivity contribution in [3.63, 3.8) is 0 Å². The molecule has 0 saturated carbocycles. The Labute approximate surface area is 136 Å². The number of thiophene rings is 1. The maximum Gasteiger partial charge on any atom is 0.348 e. The molecular formula is C15H14ClNO4S. The molecule has 0 saturated heterocycles. The van der Waals surface area contributed by atoms with Gasteiger partial charge in [0, 0.05) is 5.02 Å². The van der Waals surface area contributed by atoms with Gasteiger partial charge in [-0.15, -0.1) is 11.3 Å². The number of amides is 1. The zero-order valence-electron chi connectivity index (χ0n) is 12.0. The van der Waals surface area contributed by atoms with Gasteiger partial charge in [-0.05, 0) is 42.8 Å². The standard InChI is InChI=1S/C15H14ClNO4S/c1-9-7-10(16)3-4-11(9)21-8-13(18)17-14-6-5-12(22-14)15(19)20-2/h3-7H,8H2,1-2H3,(H,17,18). The van der Waals surface area contributed by atoms with Gasteiger partial charge in [0.05, 0.1) is 12.1 Å². The number of esters is 1. The van der Waals surface area contributed by atoms with E-state index in [1.807, 2.05) is 6.92 Å². The predicted molar refractivity (Wildman–Crippen MR) is 86.0 cm³/mol. The number of ether oxygens (including phenoxy) is 2. The second-order valence-electron chi connectivity index (χ2n) is 4.40. The average molecular weight is 340 g/mol. The Kier molecular flexibility index (Phi) is 5.41. The van der Waals surface area contributed by atoms with Gasteiger partial charge in [-0.25, -0.2) is 4.79 Å². The largest absolute Gasteiger partial charge is 0.483 e. The summed E-state index contributed by atoms with van der Waals surface area (Å²) in [7, 11) is 1.31. The average Bonchev–Trinajstić information content (AvgIpc) is 2.94. The van der Waals surface area contributed by atoms with Gasteiger partial charge in [-0.2, -0.15) is 0 Å². The van der Waals surface area contributed by atoms with Gasteiger partial charge in [0.25, 0.3) is 5.91 Å². The molecule has 0 aliphatic carbocycles. The van der Waals surface area contributed by atoms with E-state index < -0.39 is 5.97 Å². The van der Waals surface area contributed by atoms with Crippen LogP contribution in [0.2, 0.25) is 5.02 Å². The van der Waals surface area contributed by atoms with E-state index in [9.17, 15) is 9.59 Å². The quantitative estimate of drug-likeness (QED) is 0.846. The van der Waals surface area contributed by atoms with Crippen molar-refractivity contribution in [2.45, 2.75) is 6.92 Å². The number of aryl methyl sites for hydroxylation is 1. The number of carbonyl (C=O) groups is 2. The first-order chi connectivity index (χ1) is 10.5. The molecule has 1 aromatic heterocycles. The van der Waals surface area contributed by atoms with Gasteiger partial charge in [0.15, 0.2) is 6.61 Å². The summed E-state index contributed by atoms with van der Waals surface area (Å²) < 4.78 is 10.0. The lowest BCUT2D eigenvalue weighted by atomic mass is 10.2. The predicted octanol–water partition coefficient (Wildman–Crippen LogP) is 3.51. The van der Waals surface area contributed by atoms with Crippen LogP contribution in [0.1, 0.15) is 15.2 Å². The summed E-state index contributed by atoms with van der Waals surface area (Å²) in [6, 6.07) is 8.41. The number of methoxy groups -OCH3 is 1. The summed E-state index contributed by atoms with van der Waals surface area (Å²) in [4.78, 5) is 23.6. The van der Waals surface area contributed by atoms with Crippen LogP contribution in [0.25, 0.3) is 0 Å². The summed E-state index contributed by atoms with van der Waals surface area (Å²) in [5, 5.41) is 3.83. The van der Waals surface area contributed by atoms with Crippen LogP contribution in [-0.2, 0) is 9.53 Å². The van der Waals surface area contributed by atoms with Crippen molar-refractivity contribution in [2.24, 2.45) is 0 Å². The van der Waals surface area contributed by atoms with Crippen LogP contribution in [-0.4, -0.2) is 25.6 Å². The van der Waals surface area contributed by atoms with Crippen molar-refractivity contribution in [3.8, 4) is 5.75 Å². The number of rotatable bonds is 5. The zero-order chi connectivity index (χ0) is 16.1. The highest BCUT2D eigenvalue weighted by Gasteiger charge is 2.11. The van der Waals surface area contributed by atoms with Crippen molar-refractivity contribution < 1.29 is 19.1 Å². The number of hydrogen-bond donors (Lipinski definition) is 1. The molecule has 0 aliphatic rings. The molecule has 2 rings (SSSR count). The first-order valence-corrected chi connectivity index (χ1v) is 7.56. The monoisotopic (exact) mass is 339 g/mol. The first kappa shape index (κ1) is 16.3. The number of halogens is 1. The third-order valence-electron chi connectivity index (χ3n) is 2.75. The topological polar surface area (TPSA) is 64.6 Å². The maximum atomic E-state index is 11.8. The molecule has 0 fully saturated rings. The second-order valence-corrected chi connectivity index (χ2v) is 5.92. The van der Waals surface area contributed by atoms with E-state index in [-0.39, 0.29) is 12.5 Å². The molecule has 0 atom stereocenters. The summed E-state index contributed by atoms with van der Waals surface area (Å²) in [5.74, 6) is -0.146. The Morgan fingerprint density at radius 2 is 2.05 bits per heavy atom.